The summed E-state index contributed by atoms with van der Waals surface area (Å²) in [5.41, 5.74) is -2.59. The van der Waals surface area contributed by atoms with E-state index >= 15 is 0 Å². The third kappa shape index (κ3) is 10.2. The molecule has 2 heterocycles. The Bertz CT molecular complexity index is 2010. The highest BCUT2D eigenvalue weighted by Crippen LogP contribution is 2.48. The maximum atomic E-state index is 13.8. The minimum absolute atomic E-state index is 0.00668. The highest BCUT2D eigenvalue weighted by Gasteiger charge is 2.50. The van der Waals surface area contributed by atoms with Crippen LogP contribution in [0.15, 0.2) is 60.7 Å². The highest BCUT2D eigenvalue weighted by molar-refractivity contribution is 6.42. The van der Waals surface area contributed by atoms with Crippen molar-refractivity contribution in [2.75, 3.05) is 73.2 Å². The molecular formula is C42H46Cl2F6N4O6. The van der Waals surface area contributed by atoms with Gasteiger partial charge in [0, 0.05) is 44.2 Å². The average molecular weight is 888 g/mol. The summed E-state index contributed by atoms with van der Waals surface area (Å²) in [7, 11) is 2.97. The number of rotatable bonds is 12. The number of carbonyl (C=O) groups is 3. The van der Waals surface area contributed by atoms with Gasteiger partial charge >= 0.3 is 18.4 Å². The minimum Gasteiger partial charge on any atom is -0.453 e. The monoisotopic (exact) mass is 886 g/mol. The van der Waals surface area contributed by atoms with E-state index in [0.29, 0.717) is 82.5 Å². The Morgan fingerprint density at radius 1 is 0.933 bits per heavy atom. The SMILES string of the molecule is COC(=O)NCCCN(C)C(=O)CO[C@H]1Cc2ccccc2C12CCN(CC[C@@]1(c3ccc(Cl)c(Cl)c3)CN(C(=O)c3cc(C(F)(F)F)cc(C(F)(F)F)c3)CCO1)CC2. The van der Waals surface area contributed by atoms with E-state index in [9.17, 15) is 40.7 Å². The number of alkyl halides is 6. The molecule has 3 aromatic carbocycles. The summed E-state index contributed by atoms with van der Waals surface area (Å²) in [6, 6.07) is 13.9. The molecule has 18 heteroatoms. The number of nitrogens with one attached hydrogen (secondary N) is 1. The second-order valence-electron chi connectivity index (χ2n) is 15.5. The van der Waals surface area contributed by atoms with Crippen LogP contribution in [0.1, 0.15) is 63.9 Å². The summed E-state index contributed by atoms with van der Waals surface area (Å²) in [6.07, 6.45) is -8.14. The third-order valence-corrected chi connectivity index (χ3v) is 12.6. The van der Waals surface area contributed by atoms with Crippen molar-refractivity contribution in [3.8, 4) is 0 Å². The van der Waals surface area contributed by atoms with Gasteiger partial charge in [-0.15, -0.1) is 0 Å². The molecular weight excluding hydrogens is 841 g/mol. The van der Waals surface area contributed by atoms with Crippen molar-refractivity contribution in [3.05, 3.63) is 104 Å². The molecule has 0 aromatic heterocycles. The van der Waals surface area contributed by atoms with Crippen LogP contribution in [0.5, 0.6) is 0 Å². The molecule has 2 atom stereocenters. The molecule has 0 radical (unpaired) electrons. The van der Waals surface area contributed by atoms with Gasteiger partial charge in [0.2, 0.25) is 5.91 Å². The van der Waals surface area contributed by atoms with E-state index in [-0.39, 0.29) is 59.8 Å². The molecule has 6 rings (SSSR count). The molecule has 0 bridgehead atoms. The molecule has 1 aliphatic carbocycles. The molecule has 60 heavy (non-hydrogen) atoms. The van der Waals surface area contributed by atoms with E-state index in [1.807, 2.05) is 12.1 Å². The van der Waals surface area contributed by atoms with Crippen molar-refractivity contribution in [1.82, 2.24) is 20.0 Å². The lowest BCUT2D eigenvalue weighted by molar-refractivity contribution is -0.143. The second-order valence-corrected chi connectivity index (χ2v) is 16.3. The van der Waals surface area contributed by atoms with Gasteiger partial charge in [0.25, 0.3) is 5.91 Å². The first-order chi connectivity index (χ1) is 28.3. The van der Waals surface area contributed by atoms with Crippen molar-refractivity contribution in [2.24, 2.45) is 0 Å². The first-order valence-corrected chi connectivity index (χ1v) is 20.3. The zero-order valence-corrected chi connectivity index (χ0v) is 34.6. The number of hydrogen-bond acceptors (Lipinski definition) is 7. The predicted molar refractivity (Wildman–Crippen MR) is 211 cm³/mol. The molecule has 3 aliphatic rings. The van der Waals surface area contributed by atoms with Crippen molar-refractivity contribution >= 4 is 41.1 Å². The summed E-state index contributed by atoms with van der Waals surface area (Å²) >= 11 is 12.7. The van der Waals surface area contributed by atoms with Crippen LogP contribution in [0.25, 0.3) is 0 Å². The Kier molecular flexibility index (Phi) is 14.0. The number of ether oxygens (including phenoxy) is 3. The number of morpholine rings is 1. The lowest BCUT2D eigenvalue weighted by Gasteiger charge is -2.46. The number of piperidine rings is 1. The molecule has 3 amide bonds. The number of hydrogen-bond donors (Lipinski definition) is 1. The Balaban J connectivity index is 1.16. The molecule has 326 valence electrons. The zero-order chi connectivity index (χ0) is 43.5. The highest BCUT2D eigenvalue weighted by atomic mass is 35.5. The first kappa shape index (κ1) is 45.4. The molecule has 1 N–H and O–H groups in total. The quantitative estimate of drug-likeness (QED) is 0.146. The fraction of sp³-hybridized carbons (Fsp3) is 0.500. The summed E-state index contributed by atoms with van der Waals surface area (Å²) in [4.78, 5) is 43.3. The van der Waals surface area contributed by atoms with E-state index in [0.717, 1.165) is 5.56 Å². The van der Waals surface area contributed by atoms with Crippen LogP contribution >= 0.6 is 23.2 Å². The van der Waals surface area contributed by atoms with Crippen molar-refractivity contribution in [3.63, 3.8) is 0 Å². The van der Waals surface area contributed by atoms with Gasteiger partial charge in [-0.3, -0.25) is 9.59 Å². The second kappa shape index (κ2) is 18.5. The number of carbonyl (C=O) groups excluding carboxylic acids is 3. The van der Waals surface area contributed by atoms with Gasteiger partial charge in [0.15, 0.2) is 0 Å². The lowest BCUT2D eigenvalue weighted by Crippen LogP contribution is -2.54. The Morgan fingerprint density at radius 3 is 2.27 bits per heavy atom. The van der Waals surface area contributed by atoms with E-state index in [2.05, 4.69) is 27.1 Å². The van der Waals surface area contributed by atoms with Gasteiger partial charge in [-0.2, -0.15) is 26.3 Å². The Labute approximate surface area is 354 Å². The fourth-order valence-corrected chi connectivity index (χ4v) is 8.83. The van der Waals surface area contributed by atoms with Gasteiger partial charge in [-0.05, 0) is 92.2 Å². The number of alkyl carbamates (subject to hydrolysis) is 1. The molecule has 0 unspecified atom stereocenters. The largest absolute Gasteiger partial charge is 0.453 e. The van der Waals surface area contributed by atoms with Gasteiger partial charge < -0.3 is 34.2 Å². The molecule has 3 aromatic rings. The van der Waals surface area contributed by atoms with Gasteiger partial charge in [-0.25, -0.2) is 4.79 Å². The average Bonchev–Trinajstić information content (AvgIpc) is 3.52. The number of benzene rings is 3. The lowest BCUT2D eigenvalue weighted by atomic mass is 9.72. The molecule has 2 fully saturated rings. The van der Waals surface area contributed by atoms with Crippen LogP contribution < -0.4 is 5.32 Å². The van der Waals surface area contributed by atoms with Gasteiger partial charge in [0.1, 0.15) is 12.2 Å². The summed E-state index contributed by atoms with van der Waals surface area (Å²) in [5.74, 6) is -1.18. The van der Waals surface area contributed by atoms with Crippen LogP contribution in [0.4, 0.5) is 31.1 Å². The number of fused-ring (bicyclic) bond motifs is 2. The van der Waals surface area contributed by atoms with E-state index in [4.69, 9.17) is 32.7 Å². The number of likely N-dealkylation sites (tertiary alicyclic amines) is 1. The van der Waals surface area contributed by atoms with E-state index in [1.54, 1.807) is 30.1 Å². The van der Waals surface area contributed by atoms with Crippen molar-refractivity contribution < 1.29 is 54.9 Å². The van der Waals surface area contributed by atoms with Crippen LogP contribution in [0, 0.1) is 0 Å². The standard InChI is InChI=1S/C42H46Cl2F6N4O6/c1-52(14-5-13-51-38(57)58-2)36(55)25-59-35-22-27-6-3-4-7-32(27)39(35)10-15-53(16-11-39)17-12-40(29-8-9-33(43)34(44)24-29)26-54(18-19-60-40)37(56)28-20-30(41(45,46)47)23-31(21-28)42(48,49)50/h3-4,6-9,20-21,23-24,35H,5,10-19,22,25-26H2,1-2H3,(H,51,57)/t35-,40-/m0/s1. The number of halogens is 8. The van der Waals surface area contributed by atoms with Gasteiger partial charge in [-0.1, -0.05) is 53.5 Å². The Hall–Kier alpha value is -4.09. The zero-order valence-electron chi connectivity index (χ0n) is 33.1. The molecule has 0 saturated carbocycles. The number of likely N-dealkylation sites (N-methyl/N-ethyl adjacent to an activating group) is 1. The van der Waals surface area contributed by atoms with Crippen LogP contribution in [0.2, 0.25) is 10.0 Å². The number of nitrogens with zero attached hydrogens (tertiary/aromatic N) is 3. The summed E-state index contributed by atoms with van der Waals surface area (Å²) in [5, 5.41) is 3.06. The van der Waals surface area contributed by atoms with Crippen LogP contribution in [-0.4, -0.2) is 112 Å². The molecule has 2 saturated heterocycles. The maximum absolute atomic E-state index is 13.8. The Morgan fingerprint density at radius 2 is 1.62 bits per heavy atom. The molecule has 10 nitrogen and oxygen atoms in total. The third-order valence-electron chi connectivity index (χ3n) is 11.9. The predicted octanol–water partition coefficient (Wildman–Crippen LogP) is 7.97. The first-order valence-electron chi connectivity index (χ1n) is 19.5. The van der Waals surface area contributed by atoms with Crippen molar-refractivity contribution in [1.29, 1.82) is 0 Å². The normalized spacial score (nSPS) is 20.5. The smallest absolute Gasteiger partial charge is 0.416 e. The number of methoxy groups -OCH3 is 1. The molecule has 1 spiro atoms. The topological polar surface area (TPSA) is 101 Å². The minimum atomic E-state index is -5.12. The van der Waals surface area contributed by atoms with Gasteiger partial charge in [0.05, 0.1) is 47.5 Å². The molecule has 2 aliphatic heterocycles. The van der Waals surface area contributed by atoms with Crippen LogP contribution in [0.3, 0.4) is 0 Å². The van der Waals surface area contributed by atoms with E-state index in [1.165, 1.54) is 17.6 Å². The van der Waals surface area contributed by atoms with Crippen LogP contribution in [-0.2, 0) is 48.8 Å². The summed E-state index contributed by atoms with van der Waals surface area (Å²) in [6.45, 7) is 2.10. The van der Waals surface area contributed by atoms with E-state index < -0.39 is 46.6 Å². The van der Waals surface area contributed by atoms with Crippen molar-refractivity contribution in [2.45, 2.75) is 61.6 Å². The summed E-state index contributed by atoms with van der Waals surface area (Å²) < 4.78 is 99.8. The maximum Gasteiger partial charge on any atom is 0.416 e. The fourth-order valence-electron chi connectivity index (χ4n) is 8.53. The number of amides is 3.